The van der Waals surface area contributed by atoms with Crippen molar-refractivity contribution in [1.82, 2.24) is 9.29 Å². The van der Waals surface area contributed by atoms with Crippen LogP contribution in [0.2, 0.25) is 0 Å². The molecule has 1 amide bonds. The van der Waals surface area contributed by atoms with Gasteiger partial charge in [0.05, 0.1) is 6.26 Å². The Bertz CT molecular complexity index is 1120. The van der Waals surface area contributed by atoms with Gasteiger partial charge in [0.2, 0.25) is 10.0 Å². The van der Waals surface area contributed by atoms with Crippen LogP contribution in [0.5, 0.6) is 0 Å². The predicted octanol–water partition coefficient (Wildman–Crippen LogP) is 2.68. The Morgan fingerprint density at radius 2 is 1.67 bits per heavy atom. The van der Waals surface area contributed by atoms with Crippen molar-refractivity contribution in [3.63, 3.8) is 0 Å². The molecule has 1 aliphatic heterocycles. The van der Waals surface area contributed by atoms with Gasteiger partial charge in [0.1, 0.15) is 0 Å². The quantitative estimate of drug-likeness (QED) is 0.674. The van der Waals surface area contributed by atoms with E-state index in [4.69, 9.17) is 4.42 Å². The number of nitrogens with zero attached hydrogens (tertiary/aromatic N) is 3. The molecule has 2 heterocycles. The molecule has 1 aromatic heterocycles. The largest absolute Gasteiger partial charge is 0.443 e. The monoisotopic (exact) mass is 426 g/mol. The van der Waals surface area contributed by atoms with E-state index in [1.165, 1.54) is 17.0 Å². The minimum atomic E-state index is -3.15. The van der Waals surface area contributed by atoms with Crippen molar-refractivity contribution in [2.24, 2.45) is 0 Å². The number of piperazine rings is 1. The topological polar surface area (TPSA) is 95.8 Å². The number of carbonyl (C=O) groups is 1. The molecule has 1 N–H and O–H groups in total. The number of oxazole rings is 1. The lowest BCUT2D eigenvalue weighted by molar-refractivity contribution is 0.102. The fourth-order valence-corrected chi connectivity index (χ4v) is 4.25. The first kappa shape index (κ1) is 20.1. The molecule has 0 saturated carbocycles. The number of rotatable bonds is 5. The zero-order chi connectivity index (χ0) is 21.1. The lowest BCUT2D eigenvalue weighted by Gasteiger charge is -2.34. The van der Waals surface area contributed by atoms with E-state index in [9.17, 15) is 13.2 Å². The van der Waals surface area contributed by atoms with Crippen LogP contribution >= 0.6 is 0 Å². The molecule has 9 heteroatoms. The van der Waals surface area contributed by atoms with Gasteiger partial charge >= 0.3 is 0 Å². The van der Waals surface area contributed by atoms with E-state index in [2.05, 4.69) is 15.2 Å². The summed E-state index contributed by atoms with van der Waals surface area (Å²) in [6, 6.07) is 16.8. The molecule has 3 aromatic rings. The highest BCUT2D eigenvalue weighted by Gasteiger charge is 2.23. The number of amides is 1. The highest BCUT2D eigenvalue weighted by Crippen LogP contribution is 2.24. The first-order chi connectivity index (χ1) is 14.4. The summed E-state index contributed by atoms with van der Waals surface area (Å²) in [6.45, 7) is 2.17. The maximum Gasteiger partial charge on any atom is 0.278 e. The Balaban J connectivity index is 1.41. The van der Waals surface area contributed by atoms with Crippen molar-refractivity contribution < 1.29 is 17.6 Å². The summed E-state index contributed by atoms with van der Waals surface area (Å²) in [6.07, 6.45) is 2.49. The fraction of sp³-hybridized carbons (Fsp3) is 0.238. The average Bonchev–Trinajstić information content (AvgIpc) is 3.25. The molecule has 0 unspecified atom stereocenters. The lowest BCUT2D eigenvalue weighted by Crippen LogP contribution is -2.48. The number of hydrogen-bond donors (Lipinski definition) is 1. The molecule has 2 aromatic carbocycles. The smallest absolute Gasteiger partial charge is 0.278 e. The normalized spacial score (nSPS) is 15.2. The molecular formula is C21H22N4O4S. The molecule has 4 rings (SSSR count). The summed E-state index contributed by atoms with van der Waals surface area (Å²) in [5.41, 5.74) is 2.62. The predicted molar refractivity (Wildman–Crippen MR) is 115 cm³/mol. The van der Waals surface area contributed by atoms with Gasteiger partial charge in [0.15, 0.2) is 17.8 Å². The van der Waals surface area contributed by atoms with Crippen LogP contribution < -0.4 is 10.2 Å². The highest BCUT2D eigenvalue weighted by molar-refractivity contribution is 7.88. The molecule has 1 fully saturated rings. The highest BCUT2D eigenvalue weighted by atomic mass is 32.2. The number of hydrogen-bond acceptors (Lipinski definition) is 6. The second-order valence-electron chi connectivity index (χ2n) is 7.05. The number of aromatic nitrogens is 1. The van der Waals surface area contributed by atoms with E-state index in [1.807, 2.05) is 54.6 Å². The summed E-state index contributed by atoms with van der Waals surface area (Å²) in [7, 11) is -3.15. The summed E-state index contributed by atoms with van der Waals surface area (Å²) in [4.78, 5) is 18.9. The molecular weight excluding hydrogens is 404 g/mol. The summed E-state index contributed by atoms with van der Waals surface area (Å²) < 4.78 is 30.2. The summed E-state index contributed by atoms with van der Waals surface area (Å²) >= 11 is 0. The first-order valence-corrected chi connectivity index (χ1v) is 11.4. The van der Waals surface area contributed by atoms with Crippen molar-refractivity contribution in [2.75, 3.05) is 42.7 Å². The van der Waals surface area contributed by atoms with Crippen LogP contribution in [-0.4, -0.2) is 56.0 Å². The average molecular weight is 426 g/mol. The number of nitrogens with one attached hydrogen (secondary N) is 1. The minimum Gasteiger partial charge on any atom is -0.443 e. The Labute approximate surface area is 175 Å². The van der Waals surface area contributed by atoms with Crippen molar-refractivity contribution in [1.29, 1.82) is 0 Å². The second kappa shape index (κ2) is 8.29. The number of benzene rings is 2. The molecule has 8 nitrogen and oxygen atoms in total. The molecule has 0 spiro atoms. The Kier molecular flexibility index (Phi) is 5.56. The van der Waals surface area contributed by atoms with Gasteiger partial charge in [-0.3, -0.25) is 4.79 Å². The van der Waals surface area contributed by atoms with Crippen LogP contribution in [0.25, 0.3) is 11.3 Å². The van der Waals surface area contributed by atoms with Gasteiger partial charge in [0.25, 0.3) is 5.91 Å². The molecule has 156 valence electrons. The van der Waals surface area contributed by atoms with Crippen LogP contribution in [0, 0.1) is 0 Å². The first-order valence-electron chi connectivity index (χ1n) is 9.52. The fourth-order valence-electron chi connectivity index (χ4n) is 3.43. The third-order valence-electron chi connectivity index (χ3n) is 5.02. The molecule has 1 saturated heterocycles. The van der Waals surface area contributed by atoms with Crippen LogP contribution in [0.15, 0.2) is 65.4 Å². The van der Waals surface area contributed by atoms with E-state index >= 15 is 0 Å². The van der Waals surface area contributed by atoms with Gasteiger partial charge in [0, 0.05) is 43.1 Å². The van der Waals surface area contributed by atoms with Gasteiger partial charge in [-0.25, -0.2) is 13.4 Å². The number of carbonyl (C=O) groups excluding carboxylic acids is 1. The lowest BCUT2D eigenvalue weighted by atomic mass is 10.1. The Morgan fingerprint density at radius 1 is 1.00 bits per heavy atom. The maximum atomic E-state index is 12.7. The Hall–Kier alpha value is -3.17. The second-order valence-corrected chi connectivity index (χ2v) is 9.03. The number of anilines is 2. The number of sulfonamides is 1. The van der Waals surface area contributed by atoms with Crippen molar-refractivity contribution in [2.45, 2.75) is 0 Å². The van der Waals surface area contributed by atoms with Crippen LogP contribution in [-0.2, 0) is 10.0 Å². The van der Waals surface area contributed by atoms with Crippen molar-refractivity contribution in [3.05, 3.63) is 66.7 Å². The summed E-state index contributed by atoms with van der Waals surface area (Å²) in [5, 5.41) is 2.84. The van der Waals surface area contributed by atoms with E-state index in [1.54, 1.807) is 0 Å². The van der Waals surface area contributed by atoms with Gasteiger partial charge in [-0.2, -0.15) is 4.31 Å². The third kappa shape index (κ3) is 4.37. The minimum absolute atomic E-state index is 0.224. The molecule has 0 atom stereocenters. The molecule has 30 heavy (non-hydrogen) atoms. The zero-order valence-electron chi connectivity index (χ0n) is 16.5. The van der Waals surface area contributed by atoms with E-state index in [0.29, 0.717) is 37.6 Å². The molecule has 1 aliphatic rings. The molecule has 0 bridgehead atoms. The van der Waals surface area contributed by atoms with Gasteiger partial charge in [-0.05, 0) is 24.3 Å². The van der Waals surface area contributed by atoms with Gasteiger partial charge in [-0.1, -0.05) is 30.3 Å². The van der Waals surface area contributed by atoms with Gasteiger partial charge in [-0.15, -0.1) is 0 Å². The van der Waals surface area contributed by atoms with E-state index in [0.717, 1.165) is 11.3 Å². The van der Waals surface area contributed by atoms with Crippen LogP contribution in [0.4, 0.5) is 11.4 Å². The SMILES string of the molecule is CS(=O)(=O)N1CCN(c2ccc(NC(=O)c3ncoc3-c3ccccc3)cc2)CC1. The van der Waals surface area contributed by atoms with Crippen LogP contribution in [0.1, 0.15) is 10.5 Å². The Morgan fingerprint density at radius 3 is 2.30 bits per heavy atom. The third-order valence-corrected chi connectivity index (χ3v) is 6.32. The molecule has 0 aliphatic carbocycles. The summed E-state index contributed by atoms with van der Waals surface area (Å²) in [5.74, 6) is 0.0746. The van der Waals surface area contributed by atoms with Crippen LogP contribution in [0.3, 0.4) is 0 Å². The van der Waals surface area contributed by atoms with E-state index < -0.39 is 10.0 Å². The van der Waals surface area contributed by atoms with E-state index in [-0.39, 0.29) is 11.6 Å². The van der Waals surface area contributed by atoms with Crippen molar-refractivity contribution in [3.8, 4) is 11.3 Å². The standard InChI is InChI=1S/C21H22N4O4S/c1-30(27,28)25-13-11-24(12-14-25)18-9-7-17(8-10-18)23-21(26)19-20(29-15-22-19)16-5-3-2-4-6-16/h2-10,15H,11-14H2,1H3,(H,23,26). The van der Waals surface area contributed by atoms with Crippen molar-refractivity contribution >= 4 is 27.3 Å². The zero-order valence-corrected chi connectivity index (χ0v) is 17.3. The van der Waals surface area contributed by atoms with Gasteiger partial charge < -0.3 is 14.6 Å². The maximum absolute atomic E-state index is 12.7. The molecule has 0 radical (unpaired) electrons.